The summed E-state index contributed by atoms with van der Waals surface area (Å²) >= 11 is 0. The molecule has 4 atom stereocenters. The van der Waals surface area contributed by atoms with Crippen molar-refractivity contribution in [3.05, 3.63) is 126 Å². The van der Waals surface area contributed by atoms with E-state index in [4.69, 9.17) is 9.47 Å². The van der Waals surface area contributed by atoms with Crippen LogP contribution in [-0.2, 0) is 19.1 Å². The third-order valence-corrected chi connectivity index (χ3v) is 10.2. The third kappa shape index (κ3) is 7.49. The highest BCUT2D eigenvalue weighted by Gasteiger charge is 2.47. The Morgan fingerprint density at radius 2 is 1.29 bits per heavy atom. The number of nitrogens with one attached hydrogen (secondary N) is 1. The summed E-state index contributed by atoms with van der Waals surface area (Å²) in [5.74, 6) is -1.13. The first-order valence-corrected chi connectivity index (χ1v) is 18.0. The summed E-state index contributed by atoms with van der Waals surface area (Å²) in [6.07, 6.45) is 0.429. The molecule has 52 heavy (non-hydrogen) atoms. The molecule has 4 aromatic carbocycles. The molecule has 0 aliphatic carbocycles. The number of anilines is 3. The van der Waals surface area contributed by atoms with E-state index in [2.05, 4.69) is 15.1 Å². The Balaban J connectivity index is 1.33. The molecule has 0 spiro atoms. The third-order valence-electron chi connectivity index (χ3n) is 10.2. The maximum Gasteiger partial charge on any atom is 0.258 e. The van der Waals surface area contributed by atoms with Crippen molar-refractivity contribution in [2.75, 3.05) is 67.7 Å². The number of carbonyl (C=O) groups excluding carboxylic acids is 3. The lowest BCUT2D eigenvalue weighted by molar-refractivity contribution is -0.139. The Morgan fingerprint density at radius 1 is 0.731 bits per heavy atom. The lowest BCUT2D eigenvalue weighted by atomic mass is 9.88. The number of ether oxygens (including phenoxy) is 2. The summed E-state index contributed by atoms with van der Waals surface area (Å²) in [4.78, 5) is 52.1. The Labute approximate surface area is 303 Å². The molecule has 3 amide bonds. The number of amides is 3. The summed E-state index contributed by atoms with van der Waals surface area (Å²) < 4.78 is 25.3. The molecule has 0 radical (unpaired) electrons. The fourth-order valence-electron chi connectivity index (χ4n) is 7.71. The Hall–Kier alpha value is -4.94. The quantitative estimate of drug-likeness (QED) is 0.250. The van der Waals surface area contributed by atoms with Crippen LogP contribution in [0.1, 0.15) is 35.3 Å². The number of morpholine rings is 2. The van der Waals surface area contributed by atoms with Crippen LogP contribution in [0.5, 0.6) is 0 Å². The molecule has 3 heterocycles. The highest BCUT2D eigenvalue weighted by Crippen LogP contribution is 2.43. The molecule has 10 nitrogen and oxygen atoms in total. The van der Waals surface area contributed by atoms with Gasteiger partial charge in [0.2, 0.25) is 11.8 Å². The van der Waals surface area contributed by atoms with Crippen molar-refractivity contribution in [3.63, 3.8) is 0 Å². The average molecular weight is 706 g/mol. The molecule has 4 unspecified atom stereocenters. The summed E-state index contributed by atoms with van der Waals surface area (Å²) in [6, 6.07) is 29.6. The zero-order chi connectivity index (χ0) is 36.0. The SMILES string of the molecule is CC1CC(N(C(=O)C(C(C(=O)Nc2ccccc2)N2CCOCC2)N2CCOCC2)c2ccccc2)c2ccccc2N1C(=O)c1ccc(F)cc1. The monoisotopic (exact) mass is 705 g/mol. The van der Waals surface area contributed by atoms with Gasteiger partial charge in [0, 0.05) is 54.8 Å². The van der Waals surface area contributed by atoms with E-state index < -0.39 is 23.9 Å². The molecule has 2 fully saturated rings. The van der Waals surface area contributed by atoms with Gasteiger partial charge < -0.3 is 24.6 Å². The van der Waals surface area contributed by atoms with Crippen LogP contribution < -0.4 is 15.1 Å². The van der Waals surface area contributed by atoms with Gasteiger partial charge in [-0.1, -0.05) is 54.6 Å². The molecule has 270 valence electrons. The number of para-hydroxylation sites is 3. The molecule has 11 heteroatoms. The average Bonchev–Trinajstić information content (AvgIpc) is 3.18. The maximum atomic E-state index is 15.8. The summed E-state index contributed by atoms with van der Waals surface area (Å²) in [5, 5.41) is 3.11. The topological polar surface area (TPSA) is 94.7 Å². The van der Waals surface area contributed by atoms with E-state index in [0.29, 0.717) is 81.7 Å². The van der Waals surface area contributed by atoms with E-state index in [-0.39, 0.29) is 23.8 Å². The molecule has 7 rings (SSSR count). The largest absolute Gasteiger partial charge is 0.379 e. The van der Waals surface area contributed by atoms with Crippen molar-refractivity contribution in [1.82, 2.24) is 9.80 Å². The van der Waals surface area contributed by atoms with E-state index in [1.165, 1.54) is 24.3 Å². The number of benzene rings is 4. The fraction of sp³-hybridized carbons (Fsp3) is 0.341. The molecule has 3 aliphatic rings. The van der Waals surface area contributed by atoms with Gasteiger partial charge in [-0.2, -0.15) is 0 Å². The maximum absolute atomic E-state index is 15.8. The number of halogens is 1. The van der Waals surface area contributed by atoms with E-state index in [0.717, 1.165) is 5.56 Å². The van der Waals surface area contributed by atoms with Gasteiger partial charge in [-0.15, -0.1) is 0 Å². The zero-order valence-electron chi connectivity index (χ0n) is 29.3. The highest BCUT2D eigenvalue weighted by molar-refractivity contribution is 6.08. The number of hydrogen-bond donors (Lipinski definition) is 1. The van der Waals surface area contributed by atoms with Crippen LogP contribution in [0.25, 0.3) is 0 Å². The van der Waals surface area contributed by atoms with Crippen LogP contribution in [-0.4, -0.2) is 98.3 Å². The first-order valence-electron chi connectivity index (χ1n) is 18.0. The smallest absolute Gasteiger partial charge is 0.258 e. The van der Waals surface area contributed by atoms with Crippen molar-refractivity contribution < 1.29 is 28.2 Å². The van der Waals surface area contributed by atoms with Crippen LogP contribution in [0, 0.1) is 5.82 Å². The summed E-state index contributed by atoms with van der Waals surface area (Å²) in [5.41, 5.74) is 3.22. The van der Waals surface area contributed by atoms with Gasteiger partial charge in [-0.25, -0.2) is 4.39 Å². The van der Waals surface area contributed by atoms with Crippen LogP contribution in [0.3, 0.4) is 0 Å². The lowest BCUT2D eigenvalue weighted by Gasteiger charge is -2.48. The molecule has 2 saturated heterocycles. The van der Waals surface area contributed by atoms with Gasteiger partial charge in [0.25, 0.3) is 5.91 Å². The second kappa shape index (κ2) is 16.2. The Bertz CT molecular complexity index is 1830. The number of fused-ring (bicyclic) bond motifs is 1. The molecular formula is C41H44FN5O5. The van der Waals surface area contributed by atoms with Crippen molar-refractivity contribution in [1.29, 1.82) is 0 Å². The van der Waals surface area contributed by atoms with Crippen molar-refractivity contribution in [2.24, 2.45) is 0 Å². The second-order valence-electron chi connectivity index (χ2n) is 13.4. The zero-order valence-corrected chi connectivity index (χ0v) is 29.3. The van der Waals surface area contributed by atoms with Crippen molar-refractivity contribution in [2.45, 2.75) is 37.5 Å². The Kier molecular flexibility index (Phi) is 11.0. The molecule has 0 saturated carbocycles. The second-order valence-corrected chi connectivity index (χ2v) is 13.4. The van der Waals surface area contributed by atoms with Crippen LogP contribution >= 0.6 is 0 Å². The number of nitrogens with zero attached hydrogens (tertiary/aromatic N) is 4. The first kappa shape index (κ1) is 35.5. The van der Waals surface area contributed by atoms with Crippen molar-refractivity contribution in [3.8, 4) is 0 Å². The number of rotatable bonds is 9. The summed E-state index contributed by atoms with van der Waals surface area (Å²) in [6.45, 7) is 5.71. The van der Waals surface area contributed by atoms with Gasteiger partial charge in [-0.3, -0.25) is 24.2 Å². The standard InChI is InChI=1S/C41H44FN5O5/c1-29-28-36(34-14-8-9-15-35(34)46(29)40(49)30-16-18-31(42)19-17-30)47(33-12-6-3-7-13-33)41(50)38(45-22-26-52-27-23-45)37(44-20-24-51-25-21-44)39(48)43-32-10-4-2-5-11-32/h2-19,29,36-38H,20-28H2,1H3,(H,43,48). The van der Waals surface area contributed by atoms with Gasteiger partial charge in [-0.05, 0) is 73.5 Å². The predicted octanol–water partition coefficient (Wildman–Crippen LogP) is 5.38. The van der Waals surface area contributed by atoms with Crippen LogP contribution in [0.2, 0.25) is 0 Å². The first-order chi connectivity index (χ1) is 25.4. The summed E-state index contributed by atoms with van der Waals surface area (Å²) in [7, 11) is 0. The lowest BCUT2D eigenvalue weighted by Crippen LogP contribution is -2.66. The molecule has 0 aromatic heterocycles. The predicted molar refractivity (Wildman–Crippen MR) is 198 cm³/mol. The number of hydrogen-bond acceptors (Lipinski definition) is 7. The van der Waals surface area contributed by atoms with Crippen LogP contribution in [0.4, 0.5) is 21.5 Å². The molecule has 3 aliphatic heterocycles. The van der Waals surface area contributed by atoms with Gasteiger partial charge in [0.15, 0.2) is 0 Å². The molecule has 4 aromatic rings. The van der Waals surface area contributed by atoms with E-state index in [9.17, 15) is 14.0 Å². The molecule has 0 bridgehead atoms. The highest BCUT2D eigenvalue weighted by atomic mass is 19.1. The van der Waals surface area contributed by atoms with E-state index >= 15 is 4.79 Å². The minimum atomic E-state index is -0.868. The molecule has 1 N–H and O–H groups in total. The fourth-order valence-corrected chi connectivity index (χ4v) is 7.71. The van der Waals surface area contributed by atoms with E-state index in [1.807, 2.05) is 96.8 Å². The Morgan fingerprint density at radius 3 is 1.92 bits per heavy atom. The minimum absolute atomic E-state index is 0.210. The van der Waals surface area contributed by atoms with Gasteiger partial charge in [0.1, 0.15) is 17.9 Å². The van der Waals surface area contributed by atoms with E-state index in [1.54, 1.807) is 4.90 Å². The van der Waals surface area contributed by atoms with Gasteiger partial charge >= 0.3 is 0 Å². The molecular weight excluding hydrogens is 661 g/mol. The van der Waals surface area contributed by atoms with Gasteiger partial charge in [0.05, 0.1) is 32.5 Å². The van der Waals surface area contributed by atoms with Crippen molar-refractivity contribution >= 4 is 34.8 Å². The van der Waals surface area contributed by atoms with Crippen LogP contribution in [0.15, 0.2) is 109 Å². The number of carbonyl (C=O) groups is 3. The minimum Gasteiger partial charge on any atom is -0.379 e. The normalized spacial score (nSPS) is 20.7.